The topological polar surface area (TPSA) is 50.3 Å². The minimum atomic E-state index is 0.488. The van der Waals surface area contributed by atoms with Crippen LogP contribution in [0.2, 0.25) is 0 Å². The Morgan fingerprint density at radius 2 is 2.26 bits per heavy atom. The number of nitrogens with zero attached hydrogens (tertiary/aromatic N) is 3. The molecule has 106 valence electrons. The molecule has 0 bridgehead atoms. The van der Waals surface area contributed by atoms with Crippen molar-refractivity contribution in [2.24, 2.45) is 0 Å². The summed E-state index contributed by atoms with van der Waals surface area (Å²) >= 11 is 0. The van der Waals surface area contributed by atoms with E-state index in [0.717, 1.165) is 32.1 Å². The summed E-state index contributed by atoms with van der Waals surface area (Å²) in [6.07, 6.45) is 7.07. The van der Waals surface area contributed by atoms with Crippen molar-refractivity contribution >= 4 is 5.95 Å². The Bertz CT molecular complexity index is 360. The Morgan fingerprint density at radius 3 is 3.00 bits per heavy atom. The van der Waals surface area contributed by atoms with Crippen LogP contribution in [0, 0.1) is 0 Å². The van der Waals surface area contributed by atoms with Gasteiger partial charge in [-0.2, -0.15) is 0 Å². The maximum absolute atomic E-state index is 5.12. The molecular weight excluding hydrogens is 240 g/mol. The molecule has 0 aromatic carbocycles. The molecule has 19 heavy (non-hydrogen) atoms. The Labute approximate surface area is 115 Å². The van der Waals surface area contributed by atoms with Crippen molar-refractivity contribution in [3.8, 4) is 0 Å². The van der Waals surface area contributed by atoms with Gasteiger partial charge < -0.3 is 15.0 Å². The largest absolute Gasteiger partial charge is 0.385 e. The molecule has 0 aliphatic carbocycles. The standard InChI is InChI=1S/C14H24N4O/c1-12(6-10-19-2)17-13-5-3-9-18(11-13)14-15-7-4-8-16-14/h4,7-8,12-13,17H,3,5-6,9-11H2,1-2H3. The van der Waals surface area contributed by atoms with Gasteiger partial charge in [-0.15, -0.1) is 0 Å². The first kappa shape index (κ1) is 14.2. The van der Waals surface area contributed by atoms with E-state index < -0.39 is 0 Å². The number of methoxy groups -OCH3 is 1. The van der Waals surface area contributed by atoms with Gasteiger partial charge in [0.05, 0.1) is 0 Å². The fourth-order valence-corrected chi connectivity index (χ4v) is 2.53. The van der Waals surface area contributed by atoms with Crippen LogP contribution in [0.15, 0.2) is 18.5 Å². The molecule has 1 saturated heterocycles. The SMILES string of the molecule is COCCC(C)NC1CCCN(c2ncccn2)C1. The molecule has 1 aliphatic rings. The number of anilines is 1. The van der Waals surface area contributed by atoms with E-state index in [9.17, 15) is 0 Å². The van der Waals surface area contributed by atoms with Gasteiger partial charge in [0, 0.05) is 51.3 Å². The second kappa shape index (κ2) is 7.40. The molecule has 0 spiro atoms. The zero-order valence-electron chi connectivity index (χ0n) is 11.9. The molecule has 1 N–H and O–H groups in total. The minimum absolute atomic E-state index is 0.488. The van der Waals surface area contributed by atoms with Gasteiger partial charge in [-0.1, -0.05) is 0 Å². The van der Waals surface area contributed by atoms with Gasteiger partial charge in [0.1, 0.15) is 0 Å². The molecule has 1 aromatic heterocycles. The van der Waals surface area contributed by atoms with E-state index in [4.69, 9.17) is 4.74 Å². The number of nitrogens with one attached hydrogen (secondary N) is 1. The van der Waals surface area contributed by atoms with Crippen molar-refractivity contribution in [1.29, 1.82) is 0 Å². The van der Waals surface area contributed by atoms with Gasteiger partial charge in [0.25, 0.3) is 0 Å². The molecule has 1 aliphatic heterocycles. The third-order valence-corrected chi connectivity index (χ3v) is 3.53. The van der Waals surface area contributed by atoms with Gasteiger partial charge >= 0.3 is 0 Å². The molecule has 2 atom stereocenters. The van der Waals surface area contributed by atoms with Gasteiger partial charge in [0.2, 0.25) is 5.95 Å². The molecule has 0 radical (unpaired) electrons. The van der Waals surface area contributed by atoms with Crippen molar-refractivity contribution in [2.75, 3.05) is 31.7 Å². The molecule has 2 unspecified atom stereocenters. The minimum Gasteiger partial charge on any atom is -0.385 e. The first-order chi connectivity index (χ1) is 9.29. The number of hydrogen-bond donors (Lipinski definition) is 1. The van der Waals surface area contributed by atoms with Gasteiger partial charge in [-0.3, -0.25) is 0 Å². The molecule has 1 fully saturated rings. The molecule has 0 saturated carbocycles. The third-order valence-electron chi connectivity index (χ3n) is 3.53. The average molecular weight is 264 g/mol. The zero-order valence-corrected chi connectivity index (χ0v) is 11.9. The van der Waals surface area contributed by atoms with Crippen LogP contribution in [0.25, 0.3) is 0 Å². The summed E-state index contributed by atoms with van der Waals surface area (Å²) in [5, 5.41) is 3.68. The van der Waals surface area contributed by atoms with Crippen LogP contribution in [0.5, 0.6) is 0 Å². The van der Waals surface area contributed by atoms with E-state index in [1.807, 2.05) is 6.07 Å². The van der Waals surface area contributed by atoms with E-state index in [1.165, 1.54) is 12.8 Å². The van der Waals surface area contributed by atoms with Gasteiger partial charge in [0.15, 0.2) is 0 Å². The smallest absolute Gasteiger partial charge is 0.225 e. The van der Waals surface area contributed by atoms with Crippen molar-refractivity contribution in [3.63, 3.8) is 0 Å². The molecule has 2 heterocycles. The van der Waals surface area contributed by atoms with E-state index in [0.29, 0.717) is 12.1 Å². The number of ether oxygens (including phenoxy) is 1. The zero-order chi connectivity index (χ0) is 13.5. The first-order valence-corrected chi connectivity index (χ1v) is 7.06. The predicted octanol–water partition coefficient (Wildman–Crippen LogP) is 1.46. The summed E-state index contributed by atoms with van der Waals surface area (Å²) in [6, 6.07) is 2.86. The van der Waals surface area contributed by atoms with Gasteiger partial charge in [-0.25, -0.2) is 9.97 Å². The summed E-state index contributed by atoms with van der Waals surface area (Å²) in [6.45, 7) is 5.07. The van der Waals surface area contributed by atoms with Gasteiger partial charge in [-0.05, 0) is 32.3 Å². The Hall–Kier alpha value is -1.20. The summed E-state index contributed by atoms with van der Waals surface area (Å²) in [5.74, 6) is 0.846. The molecule has 0 amide bonds. The summed E-state index contributed by atoms with van der Waals surface area (Å²) in [5.41, 5.74) is 0. The Morgan fingerprint density at radius 1 is 1.47 bits per heavy atom. The molecular formula is C14H24N4O. The fraction of sp³-hybridized carbons (Fsp3) is 0.714. The monoisotopic (exact) mass is 264 g/mol. The summed E-state index contributed by atoms with van der Waals surface area (Å²) in [4.78, 5) is 10.9. The second-order valence-corrected chi connectivity index (χ2v) is 5.18. The van der Waals surface area contributed by atoms with Crippen molar-refractivity contribution < 1.29 is 4.74 Å². The quantitative estimate of drug-likeness (QED) is 0.843. The lowest BCUT2D eigenvalue weighted by molar-refractivity contribution is 0.181. The highest BCUT2D eigenvalue weighted by atomic mass is 16.5. The molecule has 1 aromatic rings. The fourth-order valence-electron chi connectivity index (χ4n) is 2.53. The van der Waals surface area contributed by atoms with Crippen LogP contribution in [-0.4, -0.2) is 48.9 Å². The maximum atomic E-state index is 5.12. The van der Waals surface area contributed by atoms with Crippen LogP contribution >= 0.6 is 0 Å². The van der Waals surface area contributed by atoms with Crippen LogP contribution in [0.1, 0.15) is 26.2 Å². The van der Waals surface area contributed by atoms with Crippen molar-refractivity contribution in [1.82, 2.24) is 15.3 Å². The van der Waals surface area contributed by atoms with Crippen LogP contribution in [-0.2, 0) is 4.74 Å². The highest BCUT2D eigenvalue weighted by Crippen LogP contribution is 2.15. The van der Waals surface area contributed by atoms with Crippen molar-refractivity contribution in [3.05, 3.63) is 18.5 Å². The van der Waals surface area contributed by atoms with E-state index in [1.54, 1.807) is 19.5 Å². The number of hydrogen-bond acceptors (Lipinski definition) is 5. The van der Waals surface area contributed by atoms with Crippen LogP contribution in [0.3, 0.4) is 0 Å². The van der Waals surface area contributed by atoms with Crippen LogP contribution in [0.4, 0.5) is 5.95 Å². The number of aromatic nitrogens is 2. The highest BCUT2D eigenvalue weighted by molar-refractivity contribution is 5.29. The lowest BCUT2D eigenvalue weighted by Gasteiger charge is -2.34. The van der Waals surface area contributed by atoms with E-state index >= 15 is 0 Å². The number of piperidine rings is 1. The first-order valence-electron chi connectivity index (χ1n) is 7.06. The lowest BCUT2D eigenvalue weighted by atomic mass is 10.0. The molecule has 5 heteroatoms. The Kier molecular flexibility index (Phi) is 5.54. The van der Waals surface area contributed by atoms with Crippen LogP contribution < -0.4 is 10.2 Å². The van der Waals surface area contributed by atoms with Crippen molar-refractivity contribution in [2.45, 2.75) is 38.3 Å². The second-order valence-electron chi connectivity index (χ2n) is 5.18. The average Bonchev–Trinajstić information content (AvgIpc) is 2.46. The van der Waals surface area contributed by atoms with E-state index in [-0.39, 0.29) is 0 Å². The Balaban J connectivity index is 1.84. The number of rotatable bonds is 6. The maximum Gasteiger partial charge on any atom is 0.225 e. The normalized spacial score (nSPS) is 21.4. The molecule has 2 rings (SSSR count). The third kappa shape index (κ3) is 4.44. The molecule has 5 nitrogen and oxygen atoms in total. The lowest BCUT2D eigenvalue weighted by Crippen LogP contribution is -2.49. The summed E-state index contributed by atoms with van der Waals surface area (Å²) in [7, 11) is 1.75. The van der Waals surface area contributed by atoms with E-state index in [2.05, 4.69) is 27.1 Å². The summed E-state index contributed by atoms with van der Waals surface area (Å²) < 4.78 is 5.12. The predicted molar refractivity (Wildman–Crippen MR) is 76.4 cm³/mol. The highest BCUT2D eigenvalue weighted by Gasteiger charge is 2.22.